The molecule has 22 heavy (non-hydrogen) atoms. The fourth-order valence-corrected chi connectivity index (χ4v) is 2.02. The number of nitrogens with zero attached hydrogens (tertiary/aromatic N) is 1. The minimum atomic E-state index is -0.755. The molecule has 0 heterocycles. The fraction of sp³-hybridized carbons (Fsp3) is 0.533. The van der Waals surface area contributed by atoms with Gasteiger partial charge < -0.3 is 20.4 Å². The maximum absolute atomic E-state index is 13.0. The lowest BCUT2D eigenvalue weighted by atomic mass is 9.92. The molecular formula is C15H22F2N2O3. The van der Waals surface area contributed by atoms with Gasteiger partial charge in [0.1, 0.15) is 11.6 Å². The van der Waals surface area contributed by atoms with Crippen molar-refractivity contribution in [2.45, 2.75) is 13.3 Å². The maximum atomic E-state index is 13.0. The van der Waals surface area contributed by atoms with Gasteiger partial charge in [-0.1, -0.05) is 6.92 Å². The summed E-state index contributed by atoms with van der Waals surface area (Å²) < 4.78 is 26.0. The number of aliphatic hydroxyl groups excluding tert-OH is 2. The number of hydrogen-bond donors (Lipinski definition) is 3. The van der Waals surface area contributed by atoms with Gasteiger partial charge in [0.15, 0.2) is 0 Å². The summed E-state index contributed by atoms with van der Waals surface area (Å²) in [5.41, 5.74) is -0.572. The molecule has 0 unspecified atom stereocenters. The third kappa shape index (κ3) is 6.05. The van der Waals surface area contributed by atoms with Gasteiger partial charge in [0.2, 0.25) is 5.91 Å². The van der Waals surface area contributed by atoms with E-state index in [0.717, 1.165) is 18.2 Å². The van der Waals surface area contributed by atoms with Crippen LogP contribution in [0.5, 0.6) is 0 Å². The lowest BCUT2D eigenvalue weighted by molar-refractivity contribution is -0.116. The Labute approximate surface area is 128 Å². The Morgan fingerprint density at radius 3 is 2.27 bits per heavy atom. The first-order chi connectivity index (χ1) is 10.3. The van der Waals surface area contributed by atoms with Gasteiger partial charge >= 0.3 is 0 Å². The number of benzene rings is 1. The molecule has 0 aliphatic heterocycles. The van der Waals surface area contributed by atoms with Gasteiger partial charge in [0.05, 0.1) is 13.2 Å². The van der Waals surface area contributed by atoms with E-state index in [1.807, 2.05) is 0 Å². The van der Waals surface area contributed by atoms with Crippen LogP contribution in [0.2, 0.25) is 0 Å². The third-order valence-electron chi connectivity index (χ3n) is 3.28. The molecule has 0 saturated heterocycles. The summed E-state index contributed by atoms with van der Waals surface area (Å²) >= 11 is 0. The molecule has 1 rings (SSSR count). The zero-order chi connectivity index (χ0) is 16.8. The van der Waals surface area contributed by atoms with Crippen LogP contribution >= 0.6 is 0 Å². The Morgan fingerprint density at radius 1 is 1.23 bits per heavy atom. The van der Waals surface area contributed by atoms with Gasteiger partial charge in [-0.15, -0.1) is 0 Å². The number of anilines is 1. The van der Waals surface area contributed by atoms with Gasteiger partial charge in [0, 0.05) is 36.7 Å². The smallest absolute Gasteiger partial charge is 0.225 e. The molecule has 1 aromatic carbocycles. The second-order valence-electron chi connectivity index (χ2n) is 5.82. The minimum absolute atomic E-state index is 0.0701. The van der Waals surface area contributed by atoms with Crippen LogP contribution in [0.15, 0.2) is 18.2 Å². The van der Waals surface area contributed by atoms with Crippen molar-refractivity contribution in [3.63, 3.8) is 0 Å². The number of aliphatic hydroxyl groups is 2. The molecule has 0 aliphatic rings. The molecule has 0 aliphatic carbocycles. The average molecular weight is 316 g/mol. The third-order valence-corrected chi connectivity index (χ3v) is 3.28. The maximum Gasteiger partial charge on any atom is 0.225 e. The van der Waals surface area contributed by atoms with Gasteiger partial charge in [-0.05, 0) is 19.2 Å². The van der Waals surface area contributed by atoms with Crippen LogP contribution in [-0.2, 0) is 4.79 Å². The summed E-state index contributed by atoms with van der Waals surface area (Å²) in [6.45, 7) is 2.21. The van der Waals surface area contributed by atoms with E-state index in [9.17, 15) is 23.8 Å². The summed E-state index contributed by atoms with van der Waals surface area (Å²) in [5.74, 6) is -1.88. The van der Waals surface area contributed by atoms with Crippen LogP contribution in [0, 0.1) is 17.0 Å². The quantitative estimate of drug-likeness (QED) is 0.674. The number of nitrogens with one attached hydrogen (secondary N) is 1. The monoisotopic (exact) mass is 316 g/mol. The van der Waals surface area contributed by atoms with Crippen LogP contribution in [-0.4, -0.2) is 54.4 Å². The van der Waals surface area contributed by atoms with Crippen molar-refractivity contribution >= 4 is 11.6 Å². The largest absolute Gasteiger partial charge is 0.396 e. The van der Waals surface area contributed by atoms with E-state index in [0.29, 0.717) is 13.1 Å². The number of hydrogen-bond acceptors (Lipinski definition) is 4. The van der Waals surface area contributed by atoms with E-state index in [2.05, 4.69) is 5.32 Å². The molecule has 0 radical (unpaired) electrons. The number of carbonyl (C=O) groups is 1. The molecule has 0 fully saturated rings. The zero-order valence-corrected chi connectivity index (χ0v) is 12.8. The standard InChI is InChI=1S/C15H22F2N2O3/c1-15(9-20,10-21)8-19(2)4-3-14(22)18-13-6-11(16)5-12(17)7-13/h5-7,20-21H,3-4,8-10H2,1-2H3,(H,18,22). The topological polar surface area (TPSA) is 72.8 Å². The number of halogens is 2. The van der Waals surface area contributed by atoms with Crippen molar-refractivity contribution in [2.75, 3.05) is 38.7 Å². The first-order valence-corrected chi connectivity index (χ1v) is 6.94. The Balaban J connectivity index is 2.45. The van der Waals surface area contributed by atoms with Crippen LogP contribution < -0.4 is 5.32 Å². The van der Waals surface area contributed by atoms with Crippen molar-refractivity contribution in [2.24, 2.45) is 5.41 Å². The van der Waals surface area contributed by atoms with Crippen LogP contribution in [0.1, 0.15) is 13.3 Å². The second-order valence-corrected chi connectivity index (χ2v) is 5.82. The molecule has 0 aromatic heterocycles. The highest BCUT2D eigenvalue weighted by Crippen LogP contribution is 2.16. The molecule has 3 N–H and O–H groups in total. The molecule has 0 atom stereocenters. The average Bonchev–Trinajstić information content (AvgIpc) is 2.44. The highest BCUT2D eigenvalue weighted by atomic mass is 19.1. The second kappa shape index (κ2) is 8.17. The van der Waals surface area contributed by atoms with Crippen molar-refractivity contribution in [1.82, 2.24) is 4.90 Å². The molecule has 0 saturated carbocycles. The fourth-order valence-electron chi connectivity index (χ4n) is 2.02. The lowest BCUT2D eigenvalue weighted by Crippen LogP contribution is -2.40. The highest BCUT2D eigenvalue weighted by Gasteiger charge is 2.24. The van der Waals surface area contributed by atoms with Crippen LogP contribution in [0.3, 0.4) is 0 Å². The van der Waals surface area contributed by atoms with Crippen molar-refractivity contribution in [3.05, 3.63) is 29.8 Å². The minimum Gasteiger partial charge on any atom is -0.396 e. The van der Waals surface area contributed by atoms with E-state index in [1.165, 1.54) is 0 Å². The van der Waals surface area contributed by atoms with Gasteiger partial charge in [0.25, 0.3) is 0 Å². The Kier molecular flexibility index (Phi) is 6.86. The molecule has 7 heteroatoms. The van der Waals surface area contributed by atoms with E-state index in [-0.39, 0.29) is 31.2 Å². The summed E-state index contributed by atoms with van der Waals surface area (Å²) in [7, 11) is 1.76. The molecule has 5 nitrogen and oxygen atoms in total. The predicted octanol–water partition coefficient (Wildman–Crippen LogP) is 1.22. The lowest BCUT2D eigenvalue weighted by Gasteiger charge is -2.30. The van der Waals surface area contributed by atoms with Gasteiger partial charge in [-0.2, -0.15) is 0 Å². The van der Waals surface area contributed by atoms with Crippen molar-refractivity contribution in [1.29, 1.82) is 0 Å². The summed E-state index contributed by atoms with van der Waals surface area (Å²) in [6.07, 6.45) is 0.127. The molecule has 0 spiro atoms. The van der Waals surface area contributed by atoms with Gasteiger partial charge in [-0.25, -0.2) is 8.78 Å². The van der Waals surface area contributed by atoms with Gasteiger partial charge in [-0.3, -0.25) is 4.79 Å². The summed E-state index contributed by atoms with van der Waals surface area (Å²) in [4.78, 5) is 13.6. The molecule has 124 valence electrons. The van der Waals surface area contributed by atoms with E-state index in [1.54, 1.807) is 18.9 Å². The summed E-state index contributed by atoms with van der Waals surface area (Å²) in [5, 5.41) is 20.9. The zero-order valence-electron chi connectivity index (χ0n) is 12.8. The highest BCUT2D eigenvalue weighted by molar-refractivity contribution is 5.90. The number of amides is 1. The van der Waals surface area contributed by atoms with E-state index < -0.39 is 17.0 Å². The van der Waals surface area contributed by atoms with Crippen molar-refractivity contribution in [3.8, 4) is 0 Å². The molecule has 0 bridgehead atoms. The van der Waals surface area contributed by atoms with Crippen LogP contribution in [0.25, 0.3) is 0 Å². The number of rotatable bonds is 8. The Hall–Kier alpha value is -1.57. The van der Waals surface area contributed by atoms with E-state index >= 15 is 0 Å². The number of carbonyl (C=O) groups excluding carboxylic acids is 1. The molecule has 1 amide bonds. The van der Waals surface area contributed by atoms with Crippen molar-refractivity contribution < 1.29 is 23.8 Å². The van der Waals surface area contributed by atoms with Crippen LogP contribution in [0.4, 0.5) is 14.5 Å². The normalized spacial score (nSPS) is 11.8. The first-order valence-electron chi connectivity index (χ1n) is 6.94. The summed E-state index contributed by atoms with van der Waals surface area (Å²) in [6, 6.07) is 2.81. The molecular weight excluding hydrogens is 294 g/mol. The first kappa shape index (κ1) is 18.5. The van der Waals surface area contributed by atoms with E-state index in [4.69, 9.17) is 0 Å². The Morgan fingerprint density at radius 2 is 1.77 bits per heavy atom. The predicted molar refractivity (Wildman–Crippen MR) is 79.4 cm³/mol. The Bertz CT molecular complexity index is 487. The molecule has 1 aromatic rings. The SMILES string of the molecule is CN(CCC(=O)Nc1cc(F)cc(F)c1)CC(C)(CO)CO.